The maximum absolute atomic E-state index is 15.5. The number of halogens is 1. The molecule has 1 aromatic heterocycles. The summed E-state index contributed by atoms with van der Waals surface area (Å²) in [5.74, 6) is -3.00. The van der Waals surface area contributed by atoms with E-state index in [1.54, 1.807) is 7.11 Å². The molecule has 1 amide bonds. The van der Waals surface area contributed by atoms with Crippen molar-refractivity contribution in [2.24, 2.45) is 22.7 Å². The molecule has 1 saturated carbocycles. The van der Waals surface area contributed by atoms with Crippen molar-refractivity contribution in [1.29, 1.82) is 0 Å². The number of aromatic amines is 1. The van der Waals surface area contributed by atoms with Gasteiger partial charge in [-0.05, 0) is 115 Å². The molecule has 334 valence electrons. The van der Waals surface area contributed by atoms with Gasteiger partial charge in [0, 0.05) is 88.9 Å². The Morgan fingerprint density at radius 3 is 2.44 bits per heavy atom. The highest BCUT2D eigenvalue weighted by Crippen LogP contribution is 2.70. The third kappa shape index (κ3) is 5.75. The molecule has 1 spiro atoms. The summed E-state index contributed by atoms with van der Waals surface area (Å²) in [7, 11) is 4.19. The van der Waals surface area contributed by atoms with Gasteiger partial charge in [-0.1, -0.05) is 32.1 Å². The van der Waals surface area contributed by atoms with Crippen molar-refractivity contribution in [3.63, 3.8) is 0 Å². The molecule has 4 fully saturated rings. The Kier molecular flexibility index (Phi) is 10.7. The lowest BCUT2D eigenvalue weighted by Gasteiger charge is -2.63. The summed E-state index contributed by atoms with van der Waals surface area (Å²) in [5, 5.41) is 26.4. The first-order chi connectivity index (χ1) is 29.6. The predicted molar refractivity (Wildman–Crippen MR) is 236 cm³/mol. The van der Waals surface area contributed by atoms with Crippen molar-refractivity contribution in [1.82, 2.24) is 19.7 Å². The number of aromatic nitrogens is 1. The van der Waals surface area contributed by atoms with Gasteiger partial charge < -0.3 is 39.0 Å². The van der Waals surface area contributed by atoms with Crippen LogP contribution in [0.15, 0.2) is 47.7 Å². The fourth-order valence-electron chi connectivity index (χ4n) is 14.0. The molecule has 3 N–H and O–H groups in total. The van der Waals surface area contributed by atoms with Gasteiger partial charge in [0.2, 0.25) is 12.0 Å². The predicted octanol–water partition coefficient (Wildman–Crippen LogP) is 4.07. The number of ether oxygens (including phenoxy) is 4. The van der Waals surface area contributed by atoms with Gasteiger partial charge in [-0.15, -0.1) is 0 Å². The van der Waals surface area contributed by atoms with Gasteiger partial charge in [0.15, 0.2) is 6.10 Å². The molecular weight excluding hydrogens is 907 g/mol. The molecule has 62 heavy (non-hydrogen) atoms. The van der Waals surface area contributed by atoms with Crippen molar-refractivity contribution >= 4 is 57.8 Å². The van der Waals surface area contributed by atoms with E-state index in [9.17, 15) is 24.6 Å². The summed E-state index contributed by atoms with van der Waals surface area (Å²) in [4.78, 5) is 66.7. The van der Waals surface area contributed by atoms with E-state index in [4.69, 9.17) is 18.9 Å². The summed E-state index contributed by atoms with van der Waals surface area (Å²) in [5.41, 5.74) is -2.12. The number of rotatable bonds is 8. The molecule has 12 atom stereocenters. The fourth-order valence-corrected chi connectivity index (χ4v) is 14.4. The van der Waals surface area contributed by atoms with Crippen LogP contribution in [0, 0.1) is 33.2 Å². The zero-order valence-corrected chi connectivity index (χ0v) is 38.8. The Balaban J connectivity index is 1.35. The van der Waals surface area contributed by atoms with Gasteiger partial charge in [0.05, 0.1) is 32.0 Å². The van der Waals surface area contributed by atoms with Gasteiger partial charge in [0.1, 0.15) is 5.41 Å². The lowest BCUT2D eigenvalue weighted by atomic mass is 9.47. The van der Waals surface area contributed by atoms with E-state index in [0.29, 0.717) is 83.4 Å². The number of hydrogen-bond acceptors (Lipinski definition) is 12. The number of piperidine rings is 1. The Morgan fingerprint density at radius 2 is 1.77 bits per heavy atom. The number of nitrogens with one attached hydrogen (secondary N) is 1. The number of aryl methyl sites for hydroxylation is 1. The number of allylic oxidation sites excluding steroid dienone is 1. The molecule has 7 aliphatic rings. The molecule has 3 unspecified atom stereocenters. The maximum atomic E-state index is 15.5. The summed E-state index contributed by atoms with van der Waals surface area (Å²) >= 11 is 2.34. The molecule has 2 aromatic rings. The van der Waals surface area contributed by atoms with Gasteiger partial charge in [-0.3, -0.25) is 24.2 Å². The standard InChI is InChI=1S/C47H59IN4O10/c1-8-43(57)21-28-22-46(41(55)60-6,37-29(11-15-50(23-28)24-43)30-17-26(3)33(48)19-34(30)49-37)32-18-31-35(20-36(32)59-5)52(25-53)39-45(31)13-16-51-14-10-12-44(9-2,38(45)51)40(62-27(4)54)47(39,58)42(56)61-7/h10,12,17-20,25,28,32,36,38-40,49,57-58H,8-9,11,13-16,21-24H2,1-7H3/t28-,32?,36?,38+,39-,40-,43+,44-,45-,46+,47+/m1/s1. The van der Waals surface area contributed by atoms with E-state index in [2.05, 4.69) is 62.5 Å². The smallest absolute Gasteiger partial charge is 0.344 e. The molecule has 1 aromatic carbocycles. The van der Waals surface area contributed by atoms with Gasteiger partial charge in [-0.25, -0.2) is 4.79 Å². The number of esters is 3. The van der Waals surface area contributed by atoms with E-state index < -0.39 is 75.6 Å². The minimum Gasteiger partial charge on any atom is -0.468 e. The number of likely N-dealkylation sites (tertiary alicyclic amines) is 1. The zero-order valence-electron chi connectivity index (χ0n) is 36.7. The Morgan fingerprint density at radius 1 is 1.02 bits per heavy atom. The molecule has 3 saturated heterocycles. The second-order valence-electron chi connectivity index (χ2n) is 19.1. The normalized spacial score (nSPS) is 39.5. The SMILES string of the molecule is CC[C@]1(O)C[C@H]2CN(CCc3c([nH]c4cc(I)c(C)cc34)[C@@](C(=O)OC)(C3C=C4C(=CC3OC)N(C=O)[C@H]3[C@@](O)(C(=O)OC)[C@H](OC(C)=O)[C@]5(CC)C=CCN6CC[C@]43[C@@H]65)C2)C1. The highest BCUT2D eigenvalue weighted by Gasteiger charge is 2.82. The summed E-state index contributed by atoms with van der Waals surface area (Å²) in [6.07, 6.45) is 9.19. The zero-order chi connectivity index (χ0) is 44.3. The van der Waals surface area contributed by atoms with Crippen molar-refractivity contribution in [2.45, 2.75) is 107 Å². The highest BCUT2D eigenvalue weighted by atomic mass is 127. The van der Waals surface area contributed by atoms with Crippen LogP contribution in [0.5, 0.6) is 0 Å². The first-order valence-electron chi connectivity index (χ1n) is 22.0. The number of benzene rings is 1. The lowest BCUT2D eigenvalue weighted by molar-refractivity contribution is -0.242. The van der Waals surface area contributed by atoms with Gasteiger partial charge in [-0.2, -0.15) is 0 Å². The Labute approximate surface area is 376 Å². The van der Waals surface area contributed by atoms with E-state index in [1.165, 1.54) is 26.0 Å². The Bertz CT molecular complexity index is 2330. The maximum Gasteiger partial charge on any atom is 0.344 e. The van der Waals surface area contributed by atoms with Crippen LogP contribution in [0.1, 0.15) is 69.7 Å². The molecule has 2 bridgehead atoms. The highest BCUT2D eigenvalue weighted by molar-refractivity contribution is 14.1. The molecule has 15 heteroatoms. The van der Waals surface area contributed by atoms with Crippen LogP contribution in [-0.2, 0) is 50.0 Å². The molecule has 5 aliphatic heterocycles. The minimum absolute atomic E-state index is 0.129. The van der Waals surface area contributed by atoms with Crippen molar-refractivity contribution in [3.8, 4) is 0 Å². The third-order valence-electron chi connectivity index (χ3n) is 16.3. The average Bonchev–Trinajstić information content (AvgIpc) is 3.92. The van der Waals surface area contributed by atoms with E-state index in [-0.39, 0.29) is 5.92 Å². The molecule has 0 radical (unpaired) electrons. The van der Waals surface area contributed by atoms with Crippen LogP contribution in [-0.4, -0.2) is 144 Å². The van der Waals surface area contributed by atoms with Crippen LogP contribution in [0.3, 0.4) is 0 Å². The topological polar surface area (TPSA) is 171 Å². The third-order valence-corrected chi connectivity index (χ3v) is 17.4. The number of aliphatic hydroxyl groups is 2. The largest absolute Gasteiger partial charge is 0.468 e. The minimum atomic E-state index is -2.52. The van der Waals surface area contributed by atoms with Crippen LogP contribution >= 0.6 is 22.6 Å². The number of carbonyl (C=O) groups excluding carboxylic acids is 4. The van der Waals surface area contributed by atoms with E-state index in [0.717, 1.165) is 36.9 Å². The monoisotopic (exact) mass is 966 g/mol. The van der Waals surface area contributed by atoms with Crippen molar-refractivity contribution in [2.75, 3.05) is 54.1 Å². The number of fused-ring (bicyclic) bond motifs is 6. The average molecular weight is 967 g/mol. The first-order valence-corrected chi connectivity index (χ1v) is 23.1. The van der Waals surface area contributed by atoms with Crippen LogP contribution < -0.4 is 0 Å². The second-order valence-corrected chi connectivity index (χ2v) is 20.2. The fraction of sp³-hybridized carbons (Fsp3) is 0.617. The number of methoxy groups -OCH3 is 3. The number of H-pyrrole nitrogens is 1. The van der Waals surface area contributed by atoms with E-state index in [1.807, 2.05) is 32.1 Å². The van der Waals surface area contributed by atoms with Crippen molar-refractivity contribution in [3.05, 3.63) is 68.1 Å². The number of amides is 1. The Hall–Kier alpha value is -3.61. The number of nitrogens with zero attached hydrogens (tertiary/aromatic N) is 3. The summed E-state index contributed by atoms with van der Waals surface area (Å²) in [6, 6.07) is 2.61. The molecule has 6 heterocycles. The van der Waals surface area contributed by atoms with Crippen LogP contribution in [0.2, 0.25) is 0 Å². The van der Waals surface area contributed by atoms with Crippen LogP contribution in [0.4, 0.5) is 0 Å². The van der Waals surface area contributed by atoms with Gasteiger partial charge in [0.25, 0.3) is 0 Å². The lowest BCUT2D eigenvalue weighted by Crippen LogP contribution is -2.80. The van der Waals surface area contributed by atoms with E-state index >= 15 is 4.79 Å². The summed E-state index contributed by atoms with van der Waals surface area (Å²) in [6.45, 7) is 10.3. The molecular formula is C47H59IN4O10. The van der Waals surface area contributed by atoms with Crippen molar-refractivity contribution < 1.29 is 48.3 Å². The molecule has 2 aliphatic carbocycles. The molecule has 14 nitrogen and oxygen atoms in total. The number of carbonyl (C=O) groups is 4. The molecule has 9 rings (SSSR count). The first kappa shape index (κ1) is 43.6. The number of hydrogen-bond donors (Lipinski definition) is 3. The van der Waals surface area contributed by atoms with Gasteiger partial charge >= 0.3 is 17.9 Å². The summed E-state index contributed by atoms with van der Waals surface area (Å²) < 4.78 is 25.1. The van der Waals surface area contributed by atoms with Crippen LogP contribution in [0.25, 0.3) is 10.9 Å². The quantitative estimate of drug-likeness (QED) is 0.114. The second kappa shape index (κ2) is 15.3.